The molecule has 7 heteroatoms. The van der Waals surface area contributed by atoms with Crippen LogP contribution >= 0.6 is 11.8 Å². The monoisotopic (exact) mass is 247 g/mol. The molecule has 1 unspecified atom stereocenters. The molecule has 1 N–H and O–H groups in total. The second-order valence-electron chi connectivity index (χ2n) is 3.34. The summed E-state index contributed by atoms with van der Waals surface area (Å²) in [5, 5.41) is 7.83. The van der Waals surface area contributed by atoms with Crippen molar-refractivity contribution in [3.8, 4) is 0 Å². The van der Waals surface area contributed by atoms with Crippen molar-refractivity contribution in [1.82, 2.24) is 4.90 Å². The van der Waals surface area contributed by atoms with Crippen LogP contribution in [0.3, 0.4) is 0 Å². The van der Waals surface area contributed by atoms with Gasteiger partial charge in [0.05, 0.1) is 17.0 Å². The largest absolute Gasteiger partial charge is 0.477 e. The third kappa shape index (κ3) is 1.82. The van der Waals surface area contributed by atoms with Crippen LogP contribution in [0.2, 0.25) is 0 Å². The van der Waals surface area contributed by atoms with E-state index in [0.29, 0.717) is 6.08 Å². The Morgan fingerprint density at radius 2 is 2.31 bits per heavy atom. The van der Waals surface area contributed by atoms with E-state index >= 15 is 0 Å². The van der Waals surface area contributed by atoms with E-state index in [1.54, 1.807) is 0 Å². The smallest absolute Gasteiger partial charge is 0.352 e. The van der Waals surface area contributed by atoms with Gasteiger partial charge in [-0.15, -0.1) is 11.8 Å². The highest BCUT2D eigenvalue weighted by atomic mass is 32.2. The highest BCUT2D eigenvalue weighted by Crippen LogP contribution is 2.41. The summed E-state index contributed by atoms with van der Waals surface area (Å²) in [6, 6.07) is 0. The van der Waals surface area contributed by atoms with E-state index < -0.39 is 17.3 Å². The summed E-state index contributed by atoms with van der Waals surface area (Å²) in [4.78, 5) is 23.1. The van der Waals surface area contributed by atoms with Crippen LogP contribution in [0.4, 0.5) is 8.78 Å². The van der Waals surface area contributed by atoms with Crippen molar-refractivity contribution in [2.24, 2.45) is 0 Å². The molecule has 0 aromatic carbocycles. The first kappa shape index (κ1) is 11.1. The average Bonchev–Trinajstić information content (AvgIpc) is 2.14. The number of aliphatic carboxylic acids is 1. The maximum absolute atomic E-state index is 12.1. The first-order chi connectivity index (χ1) is 7.49. The number of carbonyl (C=O) groups is 2. The lowest BCUT2D eigenvalue weighted by Gasteiger charge is -2.43. The molecule has 0 aliphatic carbocycles. The molecule has 1 fully saturated rings. The van der Waals surface area contributed by atoms with Crippen LogP contribution in [-0.2, 0) is 9.59 Å². The second kappa shape index (κ2) is 3.89. The molecular weight excluding hydrogens is 240 g/mol. The molecule has 2 heterocycles. The molecule has 0 aromatic rings. The SMILES string of the molecule is O=C(O)C1=CC(C=C(F)F)S[C@@H]2CC(=O)N12. The van der Waals surface area contributed by atoms with Crippen LogP contribution < -0.4 is 0 Å². The number of carbonyl (C=O) groups excluding carboxylic acids is 1. The van der Waals surface area contributed by atoms with Crippen molar-refractivity contribution < 1.29 is 23.5 Å². The van der Waals surface area contributed by atoms with Gasteiger partial charge in [-0.25, -0.2) is 4.79 Å². The first-order valence-electron chi connectivity index (χ1n) is 4.44. The fourth-order valence-electron chi connectivity index (χ4n) is 1.63. The molecule has 2 rings (SSSR count). The summed E-state index contributed by atoms with van der Waals surface area (Å²) in [6.45, 7) is 0. The molecule has 0 spiro atoms. The van der Waals surface area contributed by atoms with E-state index in [2.05, 4.69) is 0 Å². The van der Waals surface area contributed by atoms with Gasteiger partial charge in [0.25, 0.3) is 6.08 Å². The molecule has 2 aliphatic rings. The molecule has 1 saturated heterocycles. The van der Waals surface area contributed by atoms with Gasteiger partial charge in [0.15, 0.2) is 0 Å². The van der Waals surface area contributed by atoms with Gasteiger partial charge in [0, 0.05) is 0 Å². The predicted octanol–water partition coefficient (Wildman–Crippen LogP) is 1.41. The van der Waals surface area contributed by atoms with Gasteiger partial charge < -0.3 is 5.11 Å². The number of amides is 1. The van der Waals surface area contributed by atoms with Gasteiger partial charge in [-0.05, 0) is 12.2 Å². The number of rotatable bonds is 2. The zero-order valence-corrected chi connectivity index (χ0v) is 8.71. The van der Waals surface area contributed by atoms with Crippen LogP contribution in [-0.4, -0.2) is 32.5 Å². The molecule has 0 radical (unpaired) electrons. The Morgan fingerprint density at radius 3 is 2.81 bits per heavy atom. The number of thioether (sulfide) groups is 1. The Morgan fingerprint density at radius 1 is 1.62 bits per heavy atom. The maximum Gasteiger partial charge on any atom is 0.352 e. The normalized spacial score (nSPS) is 27.8. The number of fused-ring (bicyclic) bond motifs is 1. The van der Waals surface area contributed by atoms with Crippen molar-refractivity contribution in [2.45, 2.75) is 17.0 Å². The number of hydrogen-bond acceptors (Lipinski definition) is 3. The number of β-lactam (4-membered cyclic amide) rings is 1. The van der Waals surface area contributed by atoms with E-state index in [-0.39, 0.29) is 23.4 Å². The molecule has 4 nitrogen and oxygen atoms in total. The Hall–Kier alpha value is -1.37. The topological polar surface area (TPSA) is 57.6 Å². The number of hydrogen-bond donors (Lipinski definition) is 1. The van der Waals surface area contributed by atoms with E-state index in [9.17, 15) is 18.4 Å². The van der Waals surface area contributed by atoms with Gasteiger partial charge in [0.1, 0.15) is 5.70 Å². The molecule has 16 heavy (non-hydrogen) atoms. The molecule has 0 bridgehead atoms. The summed E-state index contributed by atoms with van der Waals surface area (Å²) in [5.41, 5.74) is -0.206. The van der Waals surface area contributed by atoms with Gasteiger partial charge in [0.2, 0.25) is 5.91 Å². The zero-order chi connectivity index (χ0) is 11.9. The number of halogens is 2. The Labute approximate surface area is 93.6 Å². The lowest BCUT2D eigenvalue weighted by molar-refractivity contribution is -0.146. The number of nitrogens with zero attached hydrogens (tertiary/aromatic N) is 1. The van der Waals surface area contributed by atoms with E-state index in [4.69, 9.17) is 5.11 Å². The first-order valence-corrected chi connectivity index (χ1v) is 5.39. The standard InChI is InChI=1S/C9H7F2NO3S/c10-6(11)2-4-1-5(9(14)15)12-7(13)3-8(12)16-4/h1-2,4,8H,3H2,(H,14,15)/t4?,8-/m1/s1. The van der Waals surface area contributed by atoms with Crippen LogP contribution in [0, 0.1) is 0 Å². The quantitative estimate of drug-likeness (QED) is 0.749. The Kier molecular flexibility index (Phi) is 2.71. The Balaban J connectivity index is 2.29. The summed E-state index contributed by atoms with van der Waals surface area (Å²) in [7, 11) is 0. The highest BCUT2D eigenvalue weighted by Gasteiger charge is 2.45. The minimum atomic E-state index is -1.85. The fraction of sp³-hybridized carbons (Fsp3) is 0.333. The summed E-state index contributed by atoms with van der Waals surface area (Å²) < 4.78 is 24.1. The van der Waals surface area contributed by atoms with E-state index in [1.165, 1.54) is 6.08 Å². The zero-order valence-electron chi connectivity index (χ0n) is 7.89. The van der Waals surface area contributed by atoms with Crippen LogP contribution in [0.5, 0.6) is 0 Å². The van der Waals surface area contributed by atoms with Gasteiger partial charge in [-0.2, -0.15) is 8.78 Å². The van der Waals surface area contributed by atoms with Crippen molar-refractivity contribution in [3.63, 3.8) is 0 Å². The highest BCUT2D eigenvalue weighted by molar-refractivity contribution is 8.01. The van der Waals surface area contributed by atoms with Gasteiger partial charge >= 0.3 is 5.97 Å². The van der Waals surface area contributed by atoms with Gasteiger partial charge in [-0.3, -0.25) is 9.69 Å². The minimum absolute atomic E-state index is 0.202. The summed E-state index contributed by atoms with van der Waals surface area (Å²) in [6.07, 6.45) is 0.207. The Bertz CT molecular complexity index is 417. The average molecular weight is 247 g/mol. The predicted molar refractivity (Wildman–Crippen MR) is 52.6 cm³/mol. The fourth-order valence-corrected chi connectivity index (χ4v) is 2.97. The van der Waals surface area contributed by atoms with E-state index in [0.717, 1.165) is 16.7 Å². The second-order valence-corrected chi connectivity index (χ2v) is 4.70. The molecule has 1 amide bonds. The van der Waals surface area contributed by atoms with Crippen LogP contribution in [0.25, 0.3) is 0 Å². The third-order valence-electron chi connectivity index (χ3n) is 2.31. The molecular formula is C9H7F2NO3S. The van der Waals surface area contributed by atoms with Crippen LogP contribution in [0.15, 0.2) is 23.9 Å². The van der Waals surface area contributed by atoms with Crippen molar-refractivity contribution in [1.29, 1.82) is 0 Å². The molecule has 2 atom stereocenters. The van der Waals surface area contributed by atoms with E-state index in [1.807, 2.05) is 0 Å². The number of carboxylic acid groups (broad SMARTS) is 1. The van der Waals surface area contributed by atoms with Crippen molar-refractivity contribution in [3.05, 3.63) is 23.9 Å². The van der Waals surface area contributed by atoms with Gasteiger partial charge in [-0.1, -0.05) is 0 Å². The van der Waals surface area contributed by atoms with Crippen molar-refractivity contribution in [2.75, 3.05) is 0 Å². The lowest BCUT2D eigenvalue weighted by Crippen LogP contribution is -2.53. The minimum Gasteiger partial charge on any atom is -0.477 e. The van der Waals surface area contributed by atoms with Crippen molar-refractivity contribution >= 4 is 23.6 Å². The molecule has 0 saturated carbocycles. The number of carboxylic acids is 1. The third-order valence-corrected chi connectivity index (χ3v) is 3.59. The lowest BCUT2D eigenvalue weighted by atomic mass is 10.1. The molecule has 86 valence electrons. The maximum atomic E-state index is 12.1. The molecule has 2 aliphatic heterocycles. The molecule has 0 aromatic heterocycles. The summed E-state index contributed by atoms with van der Waals surface area (Å²) >= 11 is 1.14. The summed E-state index contributed by atoms with van der Waals surface area (Å²) in [5.74, 6) is -1.55. The van der Waals surface area contributed by atoms with Crippen LogP contribution in [0.1, 0.15) is 6.42 Å².